The van der Waals surface area contributed by atoms with Gasteiger partial charge in [0, 0.05) is 16.6 Å². The van der Waals surface area contributed by atoms with Crippen molar-refractivity contribution in [2.75, 3.05) is 0 Å². The minimum atomic E-state index is -0.886. The highest BCUT2D eigenvalue weighted by atomic mass is 35.5. The van der Waals surface area contributed by atoms with E-state index in [1.165, 1.54) is 16.2 Å². The molecule has 0 bridgehead atoms. The SMILES string of the molecule is N=C1NC(c2cccc(-c3cccc(Cl)c3)c2)(C2CC2)C(=O)N1Cc1nccs1. The molecule has 1 saturated carbocycles. The smallest absolute Gasteiger partial charge is 0.260 e. The van der Waals surface area contributed by atoms with Crippen LogP contribution >= 0.6 is 22.9 Å². The van der Waals surface area contributed by atoms with Crippen LogP contribution in [0.3, 0.4) is 0 Å². The summed E-state index contributed by atoms with van der Waals surface area (Å²) in [7, 11) is 0. The molecule has 0 spiro atoms. The molecule has 5 rings (SSSR count). The van der Waals surface area contributed by atoms with Crippen LogP contribution in [0.1, 0.15) is 23.4 Å². The van der Waals surface area contributed by atoms with Gasteiger partial charge in [-0.15, -0.1) is 11.3 Å². The molecule has 146 valence electrons. The number of nitrogens with zero attached hydrogens (tertiary/aromatic N) is 2. The third-order valence-corrected chi connectivity index (χ3v) is 6.61. The highest BCUT2D eigenvalue weighted by Crippen LogP contribution is 2.49. The van der Waals surface area contributed by atoms with Gasteiger partial charge in [0.25, 0.3) is 5.91 Å². The molecule has 1 aromatic heterocycles. The molecule has 1 aliphatic heterocycles. The first-order valence-electron chi connectivity index (χ1n) is 9.51. The van der Waals surface area contributed by atoms with Crippen LogP contribution in [0.25, 0.3) is 11.1 Å². The second-order valence-electron chi connectivity index (χ2n) is 7.46. The van der Waals surface area contributed by atoms with Crippen molar-refractivity contribution < 1.29 is 4.79 Å². The first-order valence-corrected chi connectivity index (χ1v) is 10.8. The maximum absolute atomic E-state index is 13.6. The van der Waals surface area contributed by atoms with Crippen molar-refractivity contribution in [1.29, 1.82) is 5.41 Å². The van der Waals surface area contributed by atoms with Crippen LogP contribution in [0.2, 0.25) is 5.02 Å². The lowest BCUT2D eigenvalue weighted by Crippen LogP contribution is -2.46. The third-order valence-electron chi connectivity index (χ3n) is 5.61. The van der Waals surface area contributed by atoms with Crippen LogP contribution in [-0.2, 0) is 16.9 Å². The van der Waals surface area contributed by atoms with Crippen LogP contribution in [0.15, 0.2) is 60.1 Å². The molecule has 2 aromatic carbocycles. The van der Waals surface area contributed by atoms with Crippen molar-refractivity contribution in [2.24, 2.45) is 5.92 Å². The van der Waals surface area contributed by atoms with Crippen LogP contribution in [0.4, 0.5) is 0 Å². The first kappa shape index (κ1) is 18.3. The minimum Gasteiger partial charge on any atom is -0.338 e. The van der Waals surface area contributed by atoms with Crippen molar-refractivity contribution in [3.63, 3.8) is 0 Å². The minimum absolute atomic E-state index is 0.0663. The average Bonchev–Trinajstić information content (AvgIpc) is 3.39. The summed E-state index contributed by atoms with van der Waals surface area (Å²) in [6, 6.07) is 15.7. The topological polar surface area (TPSA) is 69.1 Å². The molecule has 2 aliphatic rings. The summed E-state index contributed by atoms with van der Waals surface area (Å²) in [5.41, 5.74) is 2.02. The number of nitrogens with one attached hydrogen (secondary N) is 2. The Hall–Kier alpha value is -2.70. The largest absolute Gasteiger partial charge is 0.338 e. The number of hydrogen-bond donors (Lipinski definition) is 2. The third kappa shape index (κ3) is 3.12. The zero-order valence-corrected chi connectivity index (χ0v) is 17.1. The van der Waals surface area contributed by atoms with E-state index >= 15 is 0 Å². The van der Waals surface area contributed by atoms with Gasteiger partial charge in [-0.3, -0.25) is 15.1 Å². The normalized spacial score (nSPS) is 21.5. The van der Waals surface area contributed by atoms with Crippen molar-refractivity contribution in [2.45, 2.75) is 24.9 Å². The van der Waals surface area contributed by atoms with Gasteiger partial charge >= 0.3 is 0 Å². The van der Waals surface area contributed by atoms with Crippen LogP contribution in [0.5, 0.6) is 0 Å². The van der Waals surface area contributed by atoms with E-state index in [9.17, 15) is 4.79 Å². The van der Waals surface area contributed by atoms with Crippen LogP contribution < -0.4 is 5.32 Å². The number of amides is 1. The maximum Gasteiger partial charge on any atom is 0.260 e. The Kier molecular flexibility index (Phi) is 4.41. The van der Waals surface area contributed by atoms with Gasteiger partial charge in [0.05, 0.1) is 6.54 Å². The quantitative estimate of drug-likeness (QED) is 0.629. The summed E-state index contributed by atoms with van der Waals surface area (Å²) >= 11 is 7.67. The zero-order valence-electron chi connectivity index (χ0n) is 15.6. The average molecular weight is 423 g/mol. The van der Waals surface area contributed by atoms with E-state index in [4.69, 9.17) is 17.0 Å². The van der Waals surface area contributed by atoms with E-state index in [0.29, 0.717) is 11.6 Å². The van der Waals surface area contributed by atoms with Gasteiger partial charge < -0.3 is 5.32 Å². The lowest BCUT2D eigenvalue weighted by atomic mass is 9.83. The lowest BCUT2D eigenvalue weighted by molar-refractivity contribution is -0.132. The van der Waals surface area contributed by atoms with Crippen molar-refractivity contribution in [3.8, 4) is 11.1 Å². The van der Waals surface area contributed by atoms with Gasteiger partial charge in [0.2, 0.25) is 0 Å². The number of rotatable bonds is 5. The molecule has 2 N–H and O–H groups in total. The molecule has 29 heavy (non-hydrogen) atoms. The Morgan fingerprint density at radius 1 is 1.21 bits per heavy atom. The predicted molar refractivity (Wildman–Crippen MR) is 115 cm³/mol. The van der Waals surface area contributed by atoms with E-state index in [1.54, 1.807) is 6.20 Å². The highest BCUT2D eigenvalue weighted by molar-refractivity contribution is 7.09. The number of thiazole rings is 1. The fraction of sp³-hybridized carbons (Fsp3) is 0.227. The van der Waals surface area contributed by atoms with E-state index < -0.39 is 5.54 Å². The summed E-state index contributed by atoms with van der Waals surface area (Å²) in [5, 5.41) is 15.1. The van der Waals surface area contributed by atoms with E-state index in [2.05, 4.69) is 16.4 Å². The van der Waals surface area contributed by atoms with Crippen molar-refractivity contribution in [3.05, 3.63) is 75.7 Å². The van der Waals surface area contributed by atoms with Gasteiger partial charge in [-0.2, -0.15) is 0 Å². The molecule has 1 aliphatic carbocycles. The molecular formula is C22H19ClN4OS. The second-order valence-corrected chi connectivity index (χ2v) is 8.88. The molecular weight excluding hydrogens is 404 g/mol. The van der Waals surface area contributed by atoms with Gasteiger partial charge in [0.1, 0.15) is 10.5 Å². The van der Waals surface area contributed by atoms with E-state index in [1.807, 2.05) is 47.8 Å². The molecule has 0 radical (unpaired) electrons. The lowest BCUT2D eigenvalue weighted by Gasteiger charge is -2.28. The number of hydrogen-bond acceptors (Lipinski definition) is 4. The van der Waals surface area contributed by atoms with Crippen LogP contribution in [0, 0.1) is 11.3 Å². The molecule has 1 amide bonds. The summed E-state index contributed by atoms with van der Waals surface area (Å²) < 4.78 is 0. The standard InChI is InChI=1S/C22H19ClN4OS/c23-18-6-2-4-15(12-18)14-3-1-5-17(11-14)22(16-7-8-16)20(28)27(21(24)26-22)13-19-25-9-10-29-19/h1-6,9-12,16H,7-8,13H2,(H2,24,26). The molecule has 3 aromatic rings. The van der Waals surface area contributed by atoms with Gasteiger partial charge in [0.15, 0.2) is 5.96 Å². The van der Waals surface area contributed by atoms with Crippen molar-refractivity contribution in [1.82, 2.24) is 15.2 Å². The van der Waals surface area contributed by atoms with E-state index in [-0.39, 0.29) is 17.8 Å². The Labute approximate surface area is 177 Å². The van der Waals surface area contributed by atoms with Gasteiger partial charge in [-0.1, -0.05) is 41.9 Å². The number of guanidine groups is 1. The van der Waals surface area contributed by atoms with Gasteiger partial charge in [-0.05, 0) is 53.6 Å². The zero-order chi connectivity index (χ0) is 20.0. The molecule has 5 nitrogen and oxygen atoms in total. The summed E-state index contributed by atoms with van der Waals surface area (Å²) in [4.78, 5) is 19.4. The molecule has 7 heteroatoms. The Bertz CT molecular complexity index is 1100. The number of aromatic nitrogens is 1. The van der Waals surface area contributed by atoms with Crippen molar-refractivity contribution >= 4 is 34.8 Å². The molecule has 2 fully saturated rings. The predicted octanol–water partition coefficient (Wildman–Crippen LogP) is 4.64. The summed E-state index contributed by atoms with van der Waals surface area (Å²) in [6.07, 6.45) is 3.66. The Balaban J connectivity index is 1.55. The Morgan fingerprint density at radius 2 is 1.97 bits per heavy atom. The Morgan fingerprint density at radius 3 is 2.66 bits per heavy atom. The fourth-order valence-electron chi connectivity index (χ4n) is 4.08. The monoisotopic (exact) mass is 422 g/mol. The summed E-state index contributed by atoms with van der Waals surface area (Å²) in [5.74, 6) is 0.264. The van der Waals surface area contributed by atoms with Gasteiger partial charge in [-0.25, -0.2) is 4.98 Å². The maximum atomic E-state index is 13.6. The van der Waals surface area contributed by atoms with Crippen LogP contribution in [-0.4, -0.2) is 21.8 Å². The summed E-state index contributed by atoms with van der Waals surface area (Å²) in [6.45, 7) is 0.324. The molecule has 1 unspecified atom stereocenters. The first-order chi connectivity index (χ1) is 14.1. The van der Waals surface area contributed by atoms with E-state index in [0.717, 1.165) is 34.5 Å². The number of benzene rings is 2. The molecule has 1 atom stereocenters. The second kappa shape index (κ2) is 6.97. The molecule has 2 heterocycles. The number of carbonyl (C=O) groups is 1. The molecule has 1 saturated heterocycles. The highest BCUT2D eigenvalue weighted by Gasteiger charge is 2.59. The fourth-order valence-corrected chi connectivity index (χ4v) is 4.87. The number of carbonyl (C=O) groups excluding carboxylic acids is 1. The number of halogens is 1.